The smallest absolute Gasteiger partial charge is 0.257 e. The van der Waals surface area contributed by atoms with Crippen LogP contribution in [0.1, 0.15) is 11.1 Å². The molecule has 0 spiro atoms. The van der Waals surface area contributed by atoms with Crippen molar-refractivity contribution in [1.29, 1.82) is 0 Å². The maximum atomic E-state index is 12.3. The fourth-order valence-corrected chi connectivity index (χ4v) is 3.61. The van der Waals surface area contributed by atoms with Crippen molar-refractivity contribution in [2.75, 3.05) is 24.7 Å². The Kier molecular flexibility index (Phi) is 6.26. The van der Waals surface area contributed by atoms with E-state index in [9.17, 15) is 9.59 Å². The van der Waals surface area contributed by atoms with Gasteiger partial charge < -0.3 is 14.6 Å². The third kappa shape index (κ3) is 4.85. The molecule has 0 bridgehead atoms. The standard InChI is InChI=1S/C20H20ClN3O3S/c1-12-5-4-6-13(2)19(12)23-17(25)10-24(3)18(26)11-28-20-22-15-8-7-14(21)9-16(15)27-20/h4-9H,10-11H2,1-3H3,(H,23,25). The number of likely N-dealkylation sites (N-methyl/N-ethyl adjacent to an activating group) is 1. The number of hydrogen-bond donors (Lipinski definition) is 1. The number of oxazole rings is 1. The van der Waals surface area contributed by atoms with Gasteiger partial charge in [0.2, 0.25) is 11.8 Å². The lowest BCUT2D eigenvalue weighted by Crippen LogP contribution is -2.36. The molecule has 1 aromatic heterocycles. The molecule has 3 rings (SSSR count). The topological polar surface area (TPSA) is 75.4 Å². The van der Waals surface area contributed by atoms with Crippen molar-refractivity contribution in [3.8, 4) is 0 Å². The van der Waals surface area contributed by atoms with Crippen LogP contribution in [0.15, 0.2) is 46.0 Å². The molecule has 0 unspecified atom stereocenters. The number of carbonyl (C=O) groups excluding carboxylic acids is 2. The number of benzene rings is 2. The van der Waals surface area contributed by atoms with E-state index in [-0.39, 0.29) is 24.1 Å². The van der Waals surface area contributed by atoms with Gasteiger partial charge in [-0.15, -0.1) is 0 Å². The number of carbonyl (C=O) groups is 2. The van der Waals surface area contributed by atoms with Crippen LogP contribution in [-0.2, 0) is 9.59 Å². The quantitative estimate of drug-likeness (QED) is 0.605. The summed E-state index contributed by atoms with van der Waals surface area (Å²) in [6.45, 7) is 3.83. The lowest BCUT2D eigenvalue weighted by Gasteiger charge is -2.17. The number of anilines is 1. The van der Waals surface area contributed by atoms with Gasteiger partial charge in [0.25, 0.3) is 5.22 Å². The molecule has 2 amide bonds. The number of aryl methyl sites for hydroxylation is 2. The second-order valence-electron chi connectivity index (χ2n) is 6.45. The first-order valence-electron chi connectivity index (χ1n) is 8.62. The molecule has 1 N–H and O–H groups in total. The van der Waals surface area contributed by atoms with Crippen LogP contribution in [0.5, 0.6) is 0 Å². The Hall–Kier alpha value is -2.51. The van der Waals surface area contributed by atoms with E-state index in [0.717, 1.165) is 16.8 Å². The van der Waals surface area contributed by atoms with E-state index in [0.29, 0.717) is 21.3 Å². The molecule has 8 heteroatoms. The fraction of sp³-hybridized carbons (Fsp3) is 0.250. The number of thioether (sulfide) groups is 1. The molecule has 0 aliphatic heterocycles. The highest BCUT2D eigenvalue weighted by Gasteiger charge is 2.16. The molecule has 2 aromatic carbocycles. The monoisotopic (exact) mass is 417 g/mol. The van der Waals surface area contributed by atoms with Crippen LogP contribution in [0.25, 0.3) is 11.1 Å². The number of hydrogen-bond acceptors (Lipinski definition) is 5. The minimum absolute atomic E-state index is 0.0314. The molecule has 0 atom stereocenters. The highest BCUT2D eigenvalue weighted by Crippen LogP contribution is 2.25. The van der Waals surface area contributed by atoms with Crippen molar-refractivity contribution in [2.24, 2.45) is 0 Å². The molecular weight excluding hydrogens is 398 g/mol. The first kappa shape index (κ1) is 20.2. The zero-order valence-electron chi connectivity index (χ0n) is 15.8. The number of rotatable bonds is 6. The van der Waals surface area contributed by atoms with E-state index in [2.05, 4.69) is 10.3 Å². The molecule has 146 valence electrons. The summed E-state index contributed by atoms with van der Waals surface area (Å²) in [5.74, 6) is -0.315. The van der Waals surface area contributed by atoms with Crippen LogP contribution in [0.3, 0.4) is 0 Å². The molecule has 0 radical (unpaired) electrons. The molecule has 0 saturated carbocycles. The highest BCUT2D eigenvalue weighted by atomic mass is 35.5. The molecule has 0 aliphatic carbocycles. The van der Waals surface area contributed by atoms with E-state index in [4.69, 9.17) is 16.0 Å². The molecule has 3 aromatic rings. The number of aromatic nitrogens is 1. The first-order chi connectivity index (χ1) is 13.3. The van der Waals surface area contributed by atoms with Crippen molar-refractivity contribution < 1.29 is 14.0 Å². The predicted octanol–water partition coefficient (Wildman–Crippen LogP) is 4.29. The maximum Gasteiger partial charge on any atom is 0.257 e. The van der Waals surface area contributed by atoms with Gasteiger partial charge in [0.05, 0.1) is 12.3 Å². The Morgan fingerprint density at radius 2 is 1.93 bits per heavy atom. The zero-order chi connectivity index (χ0) is 20.3. The van der Waals surface area contributed by atoms with E-state index < -0.39 is 0 Å². The van der Waals surface area contributed by atoms with Gasteiger partial charge in [-0.3, -0.25) is 9.59 Å². The van der Waals surface area contributed by atoms with Crippen molar-refractivity contribution in [1.82, 2.24) is 9.88 Å². The van der Waals surface area contributed by atoms with Crippen LogP contribution in [0.2, 0.25) is 5.02 Å². The van der Waals surface area contributed by atoms with Crippen molar-refractivity contribution in [3.05, 3.63) is 52.5 Å². The molecule has 6 nitrogen and oxygen atoms in total. The van der Waals surface area contributed by atoms with Gasteiger partial charge in [-0.25, -0.2) is 4.98 Å². The third-order valence-corrected chi connectivity index (χ3v) is 5.25. The van der Waals surface area contributed by atoms with Gasteiger partial charge in [-0.2, -0.15) is 0 Å². The van der Waals surface area contributed by atoms with Gasteiger partial charge in [-0.05, 0) is 37.1 Å². The molecule has 0 saturated heterocycles. The minimum atomic E-state index is -0.241. The van der Waals surface area contributed by atoms with E-state index in [1.165, 1.54) is 16.7 Å². The molecule has 0 aliphatic rings. The first-order valence-corrected chi connectivity index (χ1v) is 9.99. The summed E-state index contributed by atoms with van der Waals surface area (Å²) in [4.78, 5) is 30.3. The highest BCUT2D eigenvalue weighted by molar-refractivity contribution is 7.99. The molecule has 0 fully saturated rings. The Bertz CT molecular complexity index is 1010. The summed E-state index contributed by atoms with van der Waals surface area (Å²) >= 11 is 7.11. The van der Waals surface area contributed by atoms with Crippen LogP contribution in [0.4, 0.5) is 5.69 Å². The largest absolute Gasteiger partial charge is 0.431 e. The average molecular weight is 418 g/mol. The summed E-state index contributed by atoms with van der Waals surface area (Å²) in [5.41, 5.74) is 4.00. The Balaban J connectivity index is 1.54. The van der Waals surface area contributed by atoms with E-state index in [1.54, 1.807) is 25.2 Å². The summed E-state index contributed by atoms with van der Waals surface area (Å²) < 4.78 is 5.58. The second-order valence-corrected chi connectivity index (χ2v) is 7.81. The van der Waals surface area contributed by atoms with Crippen LogP contribution < -0.4 is 5.32 Å². The maximum absolute atomic E-state index is 12.3. The zero-order valence-corrected chi connectivity index (χ0v) is 17.4. The van der Waals surface area contributed by atoms with Crippen molar-refractivity contribution in [2.45, 2.75) is 19.1 Å². The van der Waals surface area contributed by atoms with Crippen molar-refractivity contribution >= 4 is 52.0 Å². The molecular formula is C20H20ClN3O3S. The number of amides is 2. The van der Waals surface area contributed by atoms with Crippen LogP contribution >= 0.6 is 23.4 Å². The number of nitrogens with zero attached hydrogens (tertiary/aromatic N) is 2. The SMILES string of the molecule is Cc1cccc(C)c1NC(=O)CN(C)C(=O)CSc1nc2ccc(Cl)cc2o1. The van der Waals surface area contributed by atoms with Gasteiger partial charge in [0.1, 0.15) is 5.52 Å². The average Bonchev–Trinajstić information content (AvgIpc) is 3.04. The summed E-state index contributed by atoms with van der Waals surface area (Å²) in [6, 6.07) is 11.0. The van der Waals surface area contributed by atoms with Gasteiger partial charge >= 0.3 is 0 Å². The summed E-state index contributed by atoms with van der Waals surface area (Å²) in [7, 11) is 1.60. The minimum Gasteiger partial charge on any atom is -0.431 e. The lowest BCUT2D eigenvalue weighted by molar-refractivity contribution is -0.131. The molecule has 28 heavy (non-hydrogen) atoms. The number of halogens is 1. The van der Waals surface area contributed by atoms with E-state index >= 15 is 0 Å². The Morgan fingerprint density at radius 1 is 1.21 bits per heavy atom. The fourth-order valence-electron chi connectivity index (χ4n) is 2.67. The Labute approximate surface area is 172 Å². The number of para-hydroxylation sites is 1. The lowest BCUT2D eigenvalue weighted by atomic mass is 10.1. The van der Waals surface area contributed by atoms with Gasteiger partial charge in [0, 0.05) is 23.8 Å². The van der Waals surface area contributed by atoms with Gasteiger partial charge in [-0.1, -0.05) is 41.6 Å². The number of fused-ring (bicyclic) bond motifs is 1. The van der Waals surface area contributed by atoms with Gasteiger partial charge in [0.15, 0.2) is 5.58 Å². The molecule has 1 heterocycles. The third-order valence-electron chi connectivity index (χ3n) is 4.20. The van der Waals surface area contributed by atoms with Crippen LogP contribution in [-0.4, -0.2) is 41.0 Å². The Morgan fingerprint density at radius 3 is 2.64 bits per heavy atom. The van der Waals surface area contributed by atoms with E-state index in [1.807, 2.05) is 32.0 Å². The second kappa shape index (κ2) is 8.67. The number of nitrogens with one attached hydrogen (secondary N) is 1. The summed E-state index contributed by atoms with van der Waals surface area (Å²) in [6.07, 6.45) is 0. The predicted molar refractivity (Wildman–Crippen MR) is 112 cm³/mol. The van der Waals surface area contributed by atoms with Crippen molar-refractivity contribution in [3.63, 3.8) is 0 Å². The summed E-state index contributed by atoms with van der Waals surface area (Å²) in [5, 5.41) is 3.83. The van der Waals surface area contributed by atoms with Crippen LogP contribution in [0, 0.1) is 13.8 Å². The normalized spacial score (nSPS) is 10.9.